The molecule has 0 saturated carbocycles. The number of carbonyl (C=O) groups is 1. The minimum Gasteiger partial charge on any atom is -0.444 e. The van der Waals surface area contributed by atoms with Gasteiger partial charge in [-0.25, -0.2) is 4.79 Å². The van der Waals surface area contributed by atoms with Crippen LogP contribution in [-0.4, -0.2) is 16.3 Å². The number of amides is 1. The Hall–Kier alpha value is -2.46. The summed E-state index contributed by atoms with van der Waals surface area (Å²) in [7, 11) is 0. The summed E-state index contributed by atoms with van der Waals surface area (Å²) >= 11 is 5.97. The molecule has 1 aromatic heterocycles. The van der Waals surface area contributed by atoms with Crippen LogP contribution in [0.25, 0.3) is 10.9 Å². The maximum Gasteiger partial charge on any atom is 0.412 e. The van der Waals surface area contributed by atoms with Crippen molar-refractivity contribution in [2.45, 2.75) is 39.8 Å². The van der Waals surface area contributed by atoms with Crippen molar-refractivity contribution in [1.82, 2.24) is 4.57 Å². The van der Waals surface area contributed by atoms with E-state index in [1.807, 2.05) is 63.2 Å². The van der Waals surface area contributed by atoms with Crippen LogP contribution >= 0.6 is 11.6 Å². The first kappa shape index (κ1) is 18.3. The zero-order valence-electron chi connectivity index (χ0n) is 15.5. The maximum absolute atomic E-state index is 12.0. The van der Waals surface area contributed by atoms with Gasteiger partial charge in [0.15, 0.2) is 0 Å². The second-order valence-electron chi connectivity index (χ2n) is 7.40. The standard InChI is InChI=1S/C21H23ClN2O2/c1-14-11-16-12-18(23-20(25)26-21(2,3)4)9-10-19(16)24(14)13-15-5-7-17(22)8-6-15/h5-12H,13H2,1-4H3,(H,23,25). The van der Waals surface area contributed by atoms with E-state index < -0.39 is 11.7 Å². The molecule has 136 valence electrons. The number of nitrogens with one attached hydrogen (secondary N) is 1. The molecule has 0 unspecified atom stereocenters. The highest BCUT2D eigenvalue weighted by Crippen LogP contribution is 2.25. The Labute approximate surface area is 158 Å². The molecular weight excluding hydrogens is 348 g/mol. The molecule has 2 aromatic carbocycles. The van der Waals surface area contributed by atoms with E-state index in [-0.39, 0.29) is 0 Å². The van der Waals surface area contributed by atoms with Gasteiger partial charge in [-0.1, -0.05) is 23.7 Å². The van der Waals surface area contributed by atoms with Crippen LogP contribution in [0.1, 0.15) is 32.0 Å². The lowest BCUT2D eigenvalue weighted by atomic mass is 10.2. The van der Waals surface area contributed by atoms with Crippen LogP contribution in [0.2, 0.25) is 5.02 Å². The first-order valence-corrected chi connectivity index (χ1v) is 8.93. The number of aryl methyl sites for hydroxylation is 1. The predicted octanol–water partition coefficient (Wildman–Crippen LogP) is 6.00. The lowest BCUT2D eigenvalue weighted by Crippen LogP contribution is -2.27. The lowest BCUT2D eigenvalue weighted by Gasteiger charge is -2.19. The van der Waals surface area contributed by atoms with Crippen molar-refractivity contribution < 1.29 is 9.53 Å². The third kappa shape index (κ3) is 4.38. The Kier molecular flexibility index (Phi) is 4.97. The number of ether oxygens (including phenoxy) is 1. The molecule has 0 bridgehead atoms. The highest BCUT2D eigenvalue weighted by atomic mass is 35.5. The van der Waals surface area contributed by atoms with Crippen LogP contribution in [0, 0.1) is 6.92 Å². The summed E-state index contributed by atoms with van der Waals surface area (Å²) in [6, 6.07) is 15.9. The smallest absolute Gasteiger partial charge is 0.412 e. The Morgan fingerprint density at radius 3 is 2.46 bits per heavy atom. The number of fused-ring (bicyclic) bond motifs is 1. The van der Waals surface area contributed by atoms with Gasteiger partial charge in [-0.05, 0) is 69.7 Å². The van der Waals surface area contributed by atoms with Gasteiger partial charge in [-0.2, -0.15) is 0 Å². The summed E-state index contributed by atoms with van der Waals surface area (Å²) in [5, 5.41) is 4.60. The number of benzene rings is 2. The maximum atomic E-state index is 12.0. The van der Waals surface area contributed by atoms with E-state index in [2.05, 4.69) is 22.9 Å². The number of rotatable bonds is 3. The SMILES string of the molecule is Cc1cc2cc(NC(=O)OC(C)(C)C)ccc2n1Cc1ccc(Cl)cc1. The summed E-state index contributed by atoms with van der Waals surface area (Å²) in [5.74, 6) is 0. The average molecular weight is 371 g/mol. The van der Waals surface area contributed by atoms with E-state index in [0.29, 0.717) is 0 Å². The number of halogens is 1. The van der Waals surface area contributed by atoms with Gasteiger partial charge < -0.3 is 9.30 Å². The molecule has 3 aromatic rings. The Morgan fingerprint density at radius 1 is 1.12 bits per heavy atom. The largest absolute Gasteiger partial charge is 0.444 e. The molecule has 1 N–H and O–H groups in total. The van der Waals surface area contributed by atoms with E-state index in [1.165, 1.54) is 5.56 Å². The number of aromatic nitrogens is 1. The van der Waals surface area contributed by atoms with Crippen LogP contribution in [0.4, 0.5) is 10.5 Å². The topological polar surface area (TPSA) is 43.3 Å². The van der Waals surface area contributed by atoms with Crippen molar-refractivity contribution in [1.29, 1.82) is 0 Å². The van der Waals surface area contributed by atoms with Crippen molar-refractivity contribution in [3.05, 3.63) is 64.8 Å². The first-order chi connectivity index (χ1) is 12.2. The van der Waals surface area contributed by atoms with Crippen molar-refractivity contribution in [3.63, 3.8) is 0 Å². The van der Waals surface area contributed by atoms with E-state index in [9.17, 15) is 4.79 Å². The summed E-state index contributed by atoms with van der Waals surface area (Å²) in [6.07, 6.45) is -0.450. The normalized spacial score (nSPS) is 11.6. The number of anilines is 1. The number of hydrogen-bond donors (Lipinski definition) is 1. The molecule has 0 aliphatic heterocycles. The number of nitrogens with zero attached hydrogens (tertiary/aromatic N) is 1. The Morgan fingerprint density at radius 2 is 1.81 bits per heavy atom. The van der Waals surface area contributed by atoms with Gasteiger partial charge in [-0.15, -0.1) is 0 Å². The molecule has 0 aliphatic carbocycles. The summed E-state index contributed by atoms with van der Waals surface area (Å²) < 4.78 is 7.55. The highest BCUT2D eigenvalue weighted by Gasteiger charge is 2.16. The average Bonchev–Trinajstić information content (AvgIpc) is 2.82. The van der Waals surface area contributed by atoms with Crippen LogP contribution < -0.4 is 5.32 Å². The molecule has 5 heteroatoms. The zero-order chi connectivity index (χ0) is 18.9. The zero-order valence-corrected chi connectivity index (χ0v) is 16.2. The second kappa shape index (κ2) is 7.04. The van der Waals surface area contributed by atoms with Gasteiger partial charge in [0, 0.05) is 33.9 Å². The van der Waals surface area contributed by atoms with Crippen LogP contribution in [0.15, 0.2) is 48.5 Å². The third-order valence-electron chi connectivity index (χ3n) is 4.01. The van der Waals surface area contributed by atoms with Crippen molar-refractivity contribution >= 4 is 34.3 Å². The number of carbonyl (C=O) groups excluding carboxylic acids is 1. The molecule has 4 nitrogen and oxygen atoms in total. The van der Waals surface area contributed by atoms with Crippen LogP contribution in [-0.2, 0) is 11.3 Å². The summed E-state index contributed by atoms with van der Waals surface area (Å²) in [5.41, 5.74) is 3.66. The van der Waals surface area contributed by atoms with E-state index in [4.69, 9.17) is 16.3 Å². The molecule has 0 aliphatic rings. The molecule has 26 heavy (non-hydrogen) atoms. The molecule has 3 rings (SSSR count). The molecule has 1 amide bonds. The minimum absolute atomic E-state index is 0.450. The predicted molar refractivity (Wildman–Crippen MR) is 107 cm³/mol. The van der Waals surface area contributed by atoms with Crippen LogP contribution in [0.3, 0.4) is 0 Å². The van der Waals surface area contributed by atoms with Gasteiger partial charge >= 0.3 is 6.09 Å². The molecule has 0 atom stereocenters. The first-order valence-electron chi connectivity index (χ1n) is 8.56. The Balaban J connectivity index is 1.83. The lowest BCUT2D eigenvalue weighted by molar-refractivity contribution is 0.0636. The minimum atomic E-state index is -0.521. The molecule has 1 heterocycles. The summed E-state index contributed by atoms with van der Waals surface area (Å²) in [4.78, 5) is 12.0. The van der Waals surface area contributed by atoms with E-state index in [0.717, 1.165) is 33.9 Å². The summed E-state index contributed by atoms with van der Waals surface area (Å²) in [6.45, 7) is 8.38. The molecule has 0 spiro atoms. The monoisotopic (exact) mass is 370 g/mol. The molecule has 0 fully saturated rings. The fraction of sp³-hybridized carbons (Fsp3) is 0.286. The molecule has 0 saturated heterocycles. The second-order valence-corrected chi connectivity index (χ2v) is 7.84. The molecule has 0 radical (unpaired) electrons. The van der Waals surface area contributed by atoms with Crippen molar-refractivity contribution in [3.8, 4) is 0 Å². The Bertz CT molecular complexity index is 937. The van der Waals surface area contributed by atoms with Gasteiger partial charge in [0.1, 0.15) is 5.60 Å². The fourth-order valence-electron chi connectivity index (χ4n) is 2.89. The third-order valence-corrected chi connectivity index (χ3v) is 4.26. The molecular formula is C21H23ClN2O2. The van der Waals surface area contributed by atoms with E-state index >= 15 is 0 Å². The highest BCUT2D eigenvalue weighted by molar-refractivity contribution is 6.30. The van der Waals surface area contributed by atoms with Gasteiger partial charge in [0.05, 0.1) is 0 Å². The van der Waals surface area contributed by atoms with Gasteiger partial charge in [0.2, 0.25) is 0 Å². The quantitative estimate of drug-likeness (QED) is 0.614. The van der Waals surface area contributed by atoms with Gasteiger partial charge in [-0.3, -0.25) is 5.32 Å². The van der Waals surface area contributed by atoms with E-state index in [1.54, 1.807) is 0 Å². The fourth-order valence-corrected chi connectivity index (χ4v) is 3.02. The van der Waals surface area contributed by atoms with Crippen molar-refractivity contribution in [2.24, 2.45) is 0 Å². The van der Waals surface area contributed by atoms with Crippen molar-refractivity contribution in [2.75, 3.05) is 5.32 Å². The van der Waals surface area contributed by atoms with Crippen LogP contribution in [0.5, 0.6) is 0 Å². The number of hydrogen-bond acceptors (Lipinski definition) is 2. The van der Waals surface area contributed by atoms with Gasteiger partial charge in [0.25, 0.3) is 0 Å².